The summed E-state index contributed by atoms with van der Waals surface area (Å²) in [6.07, 6.45) is 3.49. The molecule has 10 heteroatoms. The van der Waals surface area contributed by atoms with Crippen molar-refractivity contribution in [2.24, 2.45) is 7.05 Å². The maximum Gasteiger partial charge on any atom is 0.446 e. The molecule has 1 aromatic heterocycles. The average molecular weight is 407 g/mol. The summed E-state index contributed by atoms with van der Waals surface area (Å²) < 4.78 is 39.1. The third kappa shape index (κ3) is 4.72. The monoisotopic (exact) mass is 406 g/mol. The van der Waals surface area contributed by atoms with Crippen molar-refractivity contribution in [3.63, 3.8) is 0 Å². The van der Waals surface area contributed by atoms with Crippen LogP contribution in [0, 0.1) is 0 Å². The van der Waals surface area contributed by atoms with Gasteiger partial charge >= 0.3 is 5.51 Å². The van der Waals surface area contributed by atoms with Crippen molar-refractivity contribution in [2.45, 2.75) is 16.4 Å². The van der Waals surface area contributed by atoms with Gasteiger partial charge in [0, 0.05) is 49.5 Å². The zero-order valence-corrected chi connectivity index (χ0v) is 15.5. The minimum Gasteiger partial charge on any atom is -0.336 e. The number of amides is 1. The number of hydrogen-bond donors (Lipinski definition) is 1. The highest BCUT2D eigenvalue weighted by Crippen LogP contribution is 2.36. The summed E-state index contributed by atoms with van der Waals surface area (Å²) in [5.74, 6) is 0.558. The van der Waals surface area contributed by atoms with Crippen LogP contribution >= 0.6 is 24.2 Å². The molecule has 1 N–H and O–H groups in total. The summed E-state index contributed by atoms with van der Waals surface area (Å²) >= 11 is -0.191. The first-order valence-corrected chi connectivity index (χ1v) is 8.51. The second-order valence-corrected chi connectivity index (χ2v) is 6.83. The second-order valence-electron chi connectivity index (χ2n) is 5.69. The predicted molar refractivity (Wildman–Crippen MR) is 95.5 cm³/mol. The first-order chi connectivity index (χ1) is 11.8. The van der Waals surface area contributed by atoms with E-state index in [0.29, 0.717) is 25.2 Å². The van der Waals surface area contributed by atoms with Crippen molar-refractivity contribution in [2.75, 3.05) is 19.6 Å². The van der Waals surface area contributed by atoms with Crippen molar-refractivity contribution in [1.82, 2.24) is 19.8 Å². The van der Waals surface area contributed by atoms with Gasteiger partial charge in [0.05, 0.1) is 0 Å². The van der Waals surface area contributed by atoms with E-state index in [9.17, 15) is 18.0 Å². The number of nitrogens with zero attached hydrogens (tertiary/aromatic N) is 3. The Bertz CT molecular complexity index is 751. The molecule has 0 saturated carbocycles. The maximum absolute atomic E-state index is 12.8. The highest BCUT2D eigenvalue weighted by Gasteiger charge is 2.32. The SMILES string of the molecule is Cl.Cn1ccnc1C1CNCCN1C(=O)c1ccc(SC(F)(F)F)cc1. The van der Waals surface area contributed by atoms with E-state index >= 15 is 0 Å². The summed E-state index contributed by atoms with van der Waals surface area (Å²) in [6.45, 7) is 1.75. The fourth-order valence-corrected chi connectivity index (χ4v) is 3.38. The minimum absolute atomic E-state index is 0. The van der Waals surface area contributed by atoms with E-state index in [4.69, 9.17) is 0 Å². The number of aryl methyl sites for hydroxylation is 1. The number of carbonyl (C=O) groups excluding carboxylic acids is 1. The van der Waals surface area contributed by atoms with Crippen LogP contribution in [0.3, 0.4) is 0 Å². The Morgan fingerprint density at radius 3 is 2.58 bits per heavy atom. The number of imidazole rings is 1. The van der Waals surface area contributed by atoms with Crippen LogP contribution in [0.2, 0.25) is 0 Å². The normalized spacial score (nSPS) is 17.7. The molecule has 0 aliphatic carbocycles. The lowest BCUT2D eigenvalue weighted by molar-refractivity contribution is -0.0328. The molecule has 1 saturated heterocycles. The topological polar surface area (TPSA) is 50.2 Å². The van der Waals surface area contributed by atoms with E-state index in [0.717, 1.165) is 5.82 Å². The number of nitrogens with one attached hydrogen (secondary N) is 1. The molecule has 1 aromatic carbocycles. The zero-order valence-electron chi connectivity index (χ0n) is 13.9. The Labute approximate surface area is 159 Å². The average Bonchev–Trinajstić information content (AvgIpc) is 2.99. The van der Waals surface area contributed by atoms with E-state index < -0.39 is 5.51 Å². The Morgan fingerprint density at radius 1 is 1.31 bits per heavy atom. The van der Waals surface area contributed by atoms with Crippen LogP contribution in [0.4, 0.5) is 13.2 Å². The minimum atomic E-state index is -4.34. The number of halogens is 4. The summed E-state index contributed by atoms with van der Waals surface area (Å²) in [7, 11) is 1.86. The van der Waals surface area contributed by atoms with Crippen molar-refractivity contribution >= 4 is 30.1 Å². The second kappa shape index (κ2) is 8.32. The fraction of sp³-hybridized carbons (Fsp3) is 0.375. The standard InChI is InChI=1S/C16H17F3N4OS.ClH/c1-22-8-7-21-14(22)13-10-20-6-9-23(13)15(24)11-2-4-12(5-3-11)25-16(17,18)19;/h2-5,7-8,13,20H,6,9-10H2,1H3;1H. The molecule has 1 aliphatic rings. The van der Waals surface area contributed by atoms with Crippen molar-refractivity contribution in [3.05, 3.63) is 48.0 Å². The van der Waals surface area contributed by atoms with Crippen LogP contribution in [-0.4, -0.2) is 45.5 Å². The lowest BCUT2D eigenvalue weighted by atomic mass is 10.1. The predicted octanol–water partition coefficient (Wildman–Crippen LogP) is 3.24. The molecule has 2 aromatic rings. The van der Waals surface area contributed by atoms with Crippen molar-refractivity contribution in [1.29, 1.82) is 0 Å². The molecule has 3 rings (SSSR count). The summed E-state index contributed by atoms with van der Waals surface area (Å²) in [5, 5.41) is 3.25. The van der Waals surface area contributed by atoms with Crippen LogP contribution in [0.15, 0.2) is 41.6 Å². The summed E-state index contributed by atoms with van der Waals surface area (Å²) in [4.78, 5) is 18.9. The van der Waals surface area contributed by atoms with Gasteiger partial charge in [0.2, 0.25) is 0 Å². The Kier molecular flexibility index (Phi) is 6.59. The molecule has 5 nitrogen and oxygen atoms in total. The van der Waals surface area contributed by atoms with Crippen LogP contribution in [-0.2, 0) is 7.05 Å². The van der Waals surface area contributed by atoms with Crippen molar-refractivity contribution in [3.8, 4) is 0 Å². The van der Waals surface area contributed by atoms with E-state index in [-0.39, 0.29) is 41.0 Å². The third-order valence-corrected chi connectivity index (χ3v) is 4.73. The van der Waals surface area contributed by atoms with Crippen molar-refractivity contribution < 1.29 is 18.0 Å². The Balaban J connectivity index is 0.00000243. The molecule has 142 valence electrons. The van der Waals surface area contributed by atoms with Crippen LogP contribution in [0.5, 0.6) is 0 Å². The van der Waals surface area contributed by atoms with Gasteiger partial charge in [0.1, 0.15) is 11.9 Å². The summed E-state index contributed by atoms with van der Waals surface area (Å²) in [6, 6.07) is 5.31. The first-order valence-electron chi connectivity index (χ1n) is 7.70. The molecule has 2 heterocycles. The molecular formula is C16H18ClF3N4OS. The van der Waals surface area contributed by atoms with E-state index in [1.54, 1.807) is 11.1 Å². The van der Waals surface area contributed by atoms with Gasteiger partial charge in [-0.05, 0) is 36.0 Å². The molecule has 0 radical (unpaired) electrons. The molecule has 1 amide bonds. The molecular weight excluding hydrogens is 389 g/mol. The van der Waals surface area contributed by atoms with E-state index in [2.05, 4.69) is 10.3 Å². The number of aromatic nitrogens is 2. The van der Waals surface area contributed by atoms with E-state index in [1.165, 1.54) is 24.3 Å². The number of hydrogen-bond acceptors (Lipinski definition) is 4. The number of benzene rings is 1. The highest BCUT2D eigenvalue weighted by molar-refractivity contribution is 8.00. The molecule has 1 aliphatic heterocycles. The smallest absolute Gasteiger partial charge is 0.336 e. The van der Waals surface area contributed by atoms with Gasteiger partial charge < -0.3 is 14.8 Å². The first kappa shape index (κ1) is 20.6. The zero-order chi connectivity index (χ0) is 18.0. The van der Waals surface area contributed by atoms with Gasteiger partial charge in [-0.3, -0.25) is 4.79 Å². The fourth-order valence-electron chi connectivity index (χ4n) is 2.84. The lowest BCUT2D eigenvalue weighted by Gasteiger charge is -2.35. The van der Waals surface area contributed by atoms with Crippen LogP contribution < -0.4 is 5.32 Å². The van der Waals surface area contributed by atoms with Crippen LogP contribution in [0.1, 0.15) is 22.2 Å². The molecule has 1 fully saturated rings. The molecule has 0 spiro atoms. The third-order valence-electron chi connectivity index (χ3n) is 4.00. The van der Waals surface area contributed by atoms with E-state index in [1.807, 2.05) is 17.8 Å². The number of rotatable bonds is 3. The Hall–Kier alpha value is -1.71. The molecule has 26 heavy (non-hydrogen) atoms. The molecule has 1 unspecified atom stereocenters. The van der Waals surface area contributed by atoms with Crippen LogP contribution in [0.25, 0.3) is 0 Å². The number of thioether (sulfide) groups is 1. The van der Waals surface area contributed by atoms with Gasteiger partial charge in [-0.25, -0.2) is 4.98 Å². The van der Waals surface area contributed by atoms with Gasteiger partial charge in [-0.1, -0.05) is 0 Å². The highest BCUT2D eigenvalue weighted by atomic mass is 35.5. The maximum atomic E-state index is 12.8. The largest absolute Gasteiger partial charge is 0.446 e. The lowest BCUT2D eigenvalue weighted by Crippen LogP contribution is -2.49. The van der Waals surface area contributed by atoms with Gasteiger partial charge in [-0.2, -0.15) is 13.2 Å². The van der Waals surface area contributed by atoms with Gasteiger partial charge in [0.15, 0.2) is 0 Å². The number of alkyl halides is 3. The molecule has 1 atom stereocenters. The summed E-state index contributed by atoms with van der Waals surface area (Å²) in [5.41, 5.74) is -3.97. The number of piperazine rings is 1. The quantitative estimate of drug-likeness (QED) is 0.795. The number of carbonyl (C=O) groups is 1. The van der Waals surface area contributed by atoms with Gasteiger partial charge in [0.25, 0.3) is 5.91 Å². The molecule has 0 bridgehead atoms. The Morgan fingerprint density at radius 2 is 2.00 bits per heavy atom. The van der Waals surface area contributed by atoms with Gasteiger partial charge in [-0.15, -0.1) is 12.4 Å².